The Morgan fingerprint density at radius 2 is 2.25 bits per heavy atom. The van der Waals surface area contributed by atoms with E-state index in [2.05, 4.69) is 10.3 Å². The Morgan fingerprint density at radius 1 is 1.50 bits per heavy atom. The molecule has 20 heavy (non-hydrogen) atoms. The number of aryl methyl sites for hydroxylation is 1. The second-order valence-electron chi connectivity index (χ2n) is 4.59. The van der Waals surface area contributed by atoms with E-state index in [1.165, 1.54) is 0 Å². The first-order valence-corrected chi connectivity index (χ1v) is 6.50. The summed E-state index contributed by atoms with van der Waals surface area (Å²) in [5.41, 5.74) is 8.38. The second kappa shape index (κ2) is 7.26. The van der Waals surface area contributed by atoms with E-state index in [1.54, 1.807) is 0 Å². The summed E-state index contributed by atoms with van der Waals surface area (Å²) in [4.78, 5) is 15.9. The largest absolute Gasteiger partial charge is 0.441 e. The third-order valence-corrected chi connectivity index (χ3v) is 3.08. The summed E-state index contributed by atoms with van der Waals surface area (Å²) in [6.45, 7) is 4.36. The van der Waals surface area contributed by atoms with Crippen molar-refractivity contribution in [2.24, 2.45) is 5.73 Å². The van der Waals surface area contributed by atoms with Crippen molar-refractivity contribution in [3.8, 4) is 0 Å². The molecule has 6 heteroatoms. The summed E-state index contributed by atoms with van der Waals surface area (Å²) in [7, 11) is 0. The smallest absolute Gasteiger partial charge is 0.236 e. The van der Waals surface area contributed by atoms with E-state index >= 15 is 0 Å². The van der Waals surface area contributed by atoms with Gasteiger partial charge in [0, 0.05) is 13.0 Å². The molecular weight excluding hydrogens is 278 g/mol. The monoisotopic (exact) mass is 297 g/mol. The number of nitrogens with zero attached hydrogens (tertiary/aromatic N) is 1. The van der Waals surface area contributed by atoms with Gasteiger partial charge < -0.3 is 15.5 Å². The molecule has 0 saturated carbocycles. The lowest BCUT2D eigenvalue weighted by Crippen LogP contribution is -2.40. The van der Waals surface area contributed by atoms with Gasteiger partial charge in [0.05, 0.1) is 6.04 Å². The van der Waals surface area contributed by atoms with Gasteiger partial charge in [-0.25, -0.2) is 4.98 Å². The van der Waals surface area contributed by atoms with Crippen LogP contribution in [0, 0.1) is 6.92 Å². The highest BCUT2D eigenvalue weighted by Gasteiger charge is 2.11. The summed E-state index contributed by atoms with van der Waals surface area (Å²) in [6.07, 6.45) is 1.20. The van der Waals surface area contributed by atoms with Crippen LogP contribution in [0.3, 0.4) is 0 Å². The molecule has 3 N–H and O–H groups in total. The molecule has 2 rings (SSSR count). The number of para-hydroxylation sites is 1. The van der Waals surface area contributed by atoms with E-state index in [9.17, 15) is 4.79 Å². The SMILES string of the molecule is CC[C@H](N)C(=O)NCCc1nc2c(C)cccc2o1.Cl. The van der Waals surface area contributed by atoms with Crippen molar-refractivity contribution in [1.29, 1.82) is 0 Å². The fourth-order valence-corrected chi connectivity index (χ4v) is 1.85. The van der Waals surface area contributed by atoms with E-state index in [4.69, 9.17) is 10.2 Å². The zero-order chi connectivity index (χ0) is 13.8. The van der Waals surface area contributed by atoms with E-state index in [0.717, 1.165) is 16.7 Å². The number of aromatic nitrogens is 1. The molecule has 1 atom stereocenters. The van der Waals surface area contributed by atoms with Crippen LogP contribution in [-0.2, 0) is 11.2 Å². The lowest BCUT2D eigenvalue weighted by Gasteiger charge is -2.08. The van der Waals surface area contributed by atoms with Gasteiger partial charge in [-0.05, 0) is 25.0 Å². The molecule has 1 amide bonds. The normalized spacial score (nSPS) is 11.9. The number of oxazole rings is 1. The van der Waals surface area contributed by atoms with Crippen LogP contribution in [0.15, 0.2) is 22.6 Å². The van der Waals surface area contributed by atoms with Gasteiger partial charge in [0.1, 0.15) is 5.52 Å². The number of fused-ring (bicyclic) bond motifs is 1. The Kier molecular flexibility index (Phi) is 5.98. The van der Waals surface area contributed by atoms with E-state index in [1.807, 2.05) is 32.0 Å². The number of halogens is 1. The topological polar surface area (TPSA) is 81.2 Å². The first kappa shape index (κ1) is 16.5. The Labute approximate surface area is 124 Å². The van der Waals surface area contributed by atoms with Crippen LogP contribution in [0.5, 0.6) is 0 Å². The molecule has 0 radical (unpaired) electrons. The average Bonchev–Trinajstić information content (AvgIpc) is 2.82. The van der Waals surface area contributed by atoms with Gasteiger partial charge in [-0.1, -0.05) is 19.1 Å². The molecule has 0 fully saturated rings. The predicted octanol–water partition coefficient (Wildman–Crippen LogP) is 1.95. The van der Waals surface area contributed by atoms with Crippen molar-refractivity contribution in [3.05, 3.63) is 29.7 Å². The quantitative estimate of drug-likeness (QED) is 0.884. The highest BCUT2D eigenvalue weighted by atomic mass is 35.5. The highest BCUT2D eigenvalue weighted by molar-refractivity contribution is 5.85. The third-order valence-electron chi connectivity index (χ3n) is 3.08. The zero-order valence-corrected chi connectivity index (χ0v) is 12.5. The second-order valence-corrected chi connectivity index (χ2v) is 4.59. The number of carbonyl (C=O) groups excluding carboxylic acids is 1. The number of hydrogen-bond donors (Lipinski definition) is 2. The first-order valence-electron chi connectivity index (χ1n) is 6.50. The molecule has 2 aromatic rings. The Balaban J connectivity index is 0.00000200. The molecule has 110 valence electrons. The van der Waals surface area contributed by atoms with Crippen molar-refractivity contribution in [1.82, 2.24) is 10.3 Å². The van der Waals surface area contributed by atoms with Crippen molar-refractivity contribution in [2.45, 2.75) is 32.7 Å². The minimum Gasteiger partial charge on any atom is -0.441 e. The van der Waals surface area contributed by atoms with Crippen LogP contribution in [0.1, 0.15) is 24.8 Å². The van der Waals surface area contributed by atoms with Crippen LogP contribution in [-0.4, -0.2) is 23.5 Å². The maximum Gasteiger partial charge on any atom is 0.236 e. The Bertz CT molecular complexity index is 583. The van der Waals surface area contributed by atoms with E-state index in [0.29, 0.717) is 25.3 Å². The maximum atomic E-state index is 11.5. The zero-order valence-electron chi connectivity index (χ0n) is 11.7. The van der Waals surface area contributed by atoms with Gasteiger partial charge >= 0.3 is 0 Å². The molecule has 0 saturated heterocycles. The molecular formula is C14H20ClN3O2. The van der Waals surface area contributed by atoms with Crippen LogP contribution in [0.2, 0.25) is 0 Å². The summed E-state index contributed by atoms with van der Waals surface area (Å²) in [5.74, 6) is 0.504. The third kappa shape index (κ3) is 3.71. The average molecular weight is 298 g/mol. The standard InChI is InChI=1S/C14H19N3O2.ClH/c1-3-10(15)14(18)16-8-7-12-17-13-9(2)5-4-6-11(13)19-12;/h4-6,10H,3,7-8,15H2,1-2H3,(H,16,18);1H/t10-;/m0./s1. The fourth-order valence-electron chi connectivity index (χ4n) is 1.85. The van der Waals surface area contributed by atoms with Crippen molar-refractivity contribution >= 4 is 29.4 Å². The molecule has 0 unspecified atom stereocenters. The van der Waals surface area contributed by atoms with E-state index < -0.39 is 6.04 Å². The number of hydrogen-bond acceptors (Lipinski definition) is 4. The van der Waals surface area contributed by atoms with Gasteiger partial charge in [0.25, 0.3) is 0 Å². The van der Waals surface area contributed by atoms with Crippen LogP contribution >= 0.6 is 12.4 Å². The first-order chi connectivity index (χ1) is 9.11. The number of nitrogens with two attached hydrogens (primary N) is 1. The molecule has 0 bridgehead atoms. The Morgan fingerprint density at radius 3 is 2.90 bits per heavy atom. The minimum atomic E-state index is -0.439. The molecule has 1 heterocycles. The van der Waals surface area contributed by atoms with Gasteiger partial charge in [0.2, 0.25) is 5.91 Å². The number of rotatable bonds is 5. The number of amides is 1. The number of benzene rings is 1. The highest BCUT2D eigenvalue weighted by Crippen LogP contribution is 2.18. The van der Waals surface area contributed by atoms with Crippen molar-refractivity contribution < 1.29 is 9.21 Å². The summed E-state index contributed by atoms with van der Waals surface area (Å²) >= 11 is 0. The molecule has 0 spiro atoms. The lowest BCUT2D eigenvalue weighted by molar-refractivity contribution is -0.122. The molecule has 0 aliphatic carbocycles. The number of carbonyl (C=O) groups is 1. The molecule has 5 nitrogen and oxygen atoms in total. The van der Waals surface area contributed by atoms with Gasteiger partial charge in [-0.3, -0.25) is 4.79 Å². The number of nitrogens with one attached hydrogen (secondary N) is 1. The summed E-state index contributed by atoms with van der Waals surface area (Å²) < 4.78 is 5.62. The van der Waals surface area contributed by atoms with Gasteiger partial charge in [-0.15, -0.1) is 12.4 Å². The van der Waals surface area contributed by atoms with Gasteiger partial charge in [-0.2, -0.15) is 0 Å². The molecule has 1 aromatic heterocycles. The van der Waals surface area contributed by atoms with E-state index in [-0.39, 0.29) is 18.3 Å². The predicted molar refractivity (Wildman–Crippen MR) is 81.0 cm³/mol. The fraction of sp³-hybridized carbons (Fsp3) is 0.429. The van der Waals surface area contributed by atoms with Crippen LogP contribution in [0.4, 0.5) is 0 Å². The van der Waals surface area contributed by atoms with Crippen LogP contribution in [0.25, 0.3) is 11.1 Å². The molecule has 1 aromatic carbocycles. The van der Waals surface area contributed by atoms with Crippen molar-refractivity contribution in [3.63, 3.8) is 0 Å². The summed E-state index contributed by atoms with van der Waals surface area (Å²) in [6, 6.07) is 5.39. The van der Waals surface area contributed by atoms with Crippen LogP contribution < -0.4 is 11.1 Å². The molecule has 0 aliphatic rings. The van der Waals surface area contributed by atoms with Crippen molar-refractivity contribution in [2.75, 3.05) is 6.54 Å². The minimum absolute atomic E-state index is 0. The molecule has 0 aliphatic heterocycles. The maximum absolute atomic E-state index is 11.5. The summed E-state index contributed by atoms with van der Waals surface area (Å²) in [5, 5.41) is 2.78. The van der Waals surface area contributed by atoms with Gasteiger partial charge in [0.15, 0.2) is 11.5 Å². The lowest BCUT2D eigenvalue weighted by atomic mass is 10.2. The Hall–Kier alpha value is -1.59.